The lowest BCUT2D eigenvalue weighted by Gasteiger charge is -2.26. The minimum Gasteiger partial charge on any atom is -0.497 e. The van der Waals surface area contributed by atoms with Crippen molar-refractivity contribution in [1.29, 1.82) is 0 Å². The summed E-state index contributed by atoms with van der Waals surface area (Å²) in [5, 5.41) is 8.49. The van der Waals surface area contributed by atoms with Crippen molar-refractivity contribution in [3.63, 3.8) is 0 Å². The second kappa shape index (κ2) is 10.2. The van der Waals surface area contributed by atoms with Gasteiger partial charge >= 0.3 is 0 Å². The molecule has 0 aliphatic rings. The Bertz CT molecular complexity index is 686. The van der Waals surface area contributed by atoms with E-state index in [4.69, 9.17) is 9.15 Å². The van der Waals surface area contributed by atoms with Gasteiger partial charge in [0.1, 0.15) is 5.75 Å². The van der Waals surface area contributed by atoms with E-state index < -0.39 is 0 Å². The summed E-state index contributed by atoms with van der Waals surface area (Å²) in [5.74, 6) is 1.61. The molecule has 1 aromatic heterocycles. The van der Waals surface area contributed by atoms with Crippen LogP contribution in [0.25, 0.3) is 11.5 Å². The van der Waals surface area contributed by atoms with Gasteiger partial charge in [-0.3, -0.25) is 4.79 Å². The number of ether oxygens (including phenoxy) is 1. The van der Waals surface area contributed by atoms with E-state index in [2.05, 4.69) is 17.1 Å². The standard InChI is InChI=1S/C19H27N3O3S/c1-5-6-7-12-22(14(2)3)17(23)13-26-19-21-20-18(25-19)15-8-10-16(24-4)11-9-15/h8-11,14H,5-7,12-13H2,1-4H3. The van der Waals surface area contributed by atoms with Crippen LogP contribution in [0.1, 0.15) is 40.0 Å². The second-order valence-corrected chi connectivity index (χ2v) is 7.20. The Morgan fingerprint density at radius 1 is 1.23 bits per heavy atom. The normalized spacial score (nSPS) is 11.0. The molecule has 1 amide bonds. The van der Waals surface area contributed by atoms with Crippen LogP contribution < -0.4 is 4.74 Å². The van der Waals surface area contributed by atoms with Crippen LogP contribution in [0.2, 0.25) is 0 Å². The van der Waals surface area contributed by atoms with Gasteiger partial charge in [0.25, 0.3) is 5.22 Å². The lowest BCUT2D eigenvalue weighted by molar-refractivity contribution is -0.130. The number of rotatable bonds is 10. The van der Waals surface area contributed by atoms with Crippen LogP contribution >= 0.6 is 11.8 Å². The number of methoxy groups -OCH3 is 1. The van der Waals surface area contributed by atoms with Crippen molar-refractivity contribution in [2.24, 2.45) is 0 Å². The van der Waals surface area contributed by atoms with E-state index in [0.717, 1.165) is 37.1 Å². The zero-order valence-electron chi connectivity index (χ0n) is 15.9. The molecule has 0 saturated heterocycles. The maximum atomic E-state index is 12.5. The van der Waals surface area contributed by atoms with Gasteiger partial charge in [0.15, 0.2) is 0 Å². The fourth-order valence-corrected chi connectivity index (χ4v) is 3.18. The van der Waals surface area contributed by atoms with Crippen LogP contribution in [0.4, 0.5) is 0 Å². The van der Waals surface area contributed by atoms with Crippen molar-refractivity contribution in [2.45, 2.75) is 51.3 Å². The first-order chi connectivity index (χ1) is 12.5. The van der Waals surface area contributed by atoms with Crippen molar-refractivity contribution in [3.8, 4) is 17.2 Å². The minimum absolute atomic E-state index is 0.102. The van der Waals surface area contributed by atoms with Gasteiger partial charge in [0.05, 0.1) is 12.9 Å². The Morgan fingerprint density at radius 2 is 1.96 bits per heavy atom. The highest BCUT2D eigenvalue weighted by molar-refractivity contribution is 7.99. The van der Waals surface area contributed by atoms with Crippen molar-refractivity contribution in [1.82, 2.24) is 15.1 Å². The Hall–Kier alpha value is -2.02. The fourth-order valence-electron chi connectivity index (χ4n) is 2.53. The average molecular weight is 378 g/mol. The molecule has 7 heteroatoms. The van der Waals surface area contributed by atoms with Crippen LogP contribution in [0.15, 0.2) is 33.9 Å². The number of carbonyl (C=O) groups excluding carboxylic acids is 1. The van der Waals surface area contributed by atoms with Gasteiger partial charge in [-0.2, -0.15) is 0 Å². The first kappa shape index (κ1) is 20.3. The fraction of sp³-hybridized carbons (Fsp3) is 0.526. The van der Waals surface area contributed by atoms with Crippen LogP contribution in [-0.2, 0) is 4.79 Å². The number of unbranched alkanes of at least 4 members (excludes halogenated alkanes) is 2. The molecule has 2 rings (SSSR count). The molecule has 0 saturated carbocycles. The predicted molar refractivity (Wildman–Crippen MR) is 103 cm³/mol. The number of hydrogen-bond donors (Lipinski definition) is 0. The molecular formula is C19H27N3O3S. The van der Waals surface area contributed by atoms with Crippen LogP contribution in [-0.4, -0.2) is 46.5 Å². The van der Waals surface area contributed by atoms with Gasteiger partial charge in [-0.05, 0) is 44.5 Å². The first-order valence-electron chi connectivity index (χ1n) is 8.95. The van der Waals surface area contributed by atoms with E-state index >= 15 is 0 Å². The van der Waals surface area contributed by atoms with Gasteiger partial charge in [-0.25, -0.2) is 0 Å². The molecule has 0 bridgehead atoms. The minimum atomic E-state index is 0.102. The second-order valence-electron chi connectivity index (χ2n) is 6.28. The van der Waals surface area contributed by atoms with E-state index in [0.29, 0.717) is 16.9 Å². The molecule has 1 aromatic carbocycles. The summed E-state index contributed by atoms with van der Waals surface area (Å²) in [6.45, 7) is 7.05. The Labute approximate surface area is 159 Å². The van der Waals surface area contributed by atoms with Crippen molar-refractivity contribution in [3.05, 3.63) is 24.3 Å². The van der Waals surface area contributed by atoms with Gasteiger partial charge < -0.3 is 14.1 Å². The Morgan fingerprint density at radius 3 is 2.58 bits per heavy atom. The number of aromatic nitrogens is 2. The zero-order chi connectivity index (χ0) is 18.9. The molecule has 6 nitrogen and oxygen atoms in total. The molecule has 1 heterocycles. The van der Waals surface area contributed by atoms with Crippen molar-refractivity contribution >= 4 is 17.7 Å². The summed E-state index contributed by atoms with van der Waals surface area (Å²) in [7, 11) is 1.62. The van der Waals surface area contributed by atoms with Gasteiger partial charge in [0.2, 0.25) is 11.8 Å². The van der Waals surface area contributed by atoms with E-state index in [1.54, 1.807) is 7.11 Å². The number of amides is 1. The highest BCUT2D eigenvalue weighted by Crippen LogP contribution is 2.25. The lowest BCUT2D eigenvalue weighted by atomic mass is 10.2. The third-order valence-electron chi connectivity index (χ3n) is 4.01. The largest absolute Gasteiger partial charge is 0.497 e. The lowest BCUT2D eigenvalue weighted by Crippen LogP contribution is -2.38. The molecule has 0 spiro atoms. The van der Waals surface area contributed by atoms with Crippen molar-refractivity contribution in [2.75, 3.05) is 19.4 Å². The van der Waals surface area contributed by atoms with E-state index in [-0.39, 0.29) is 11.9 Å². The van der Waals surface area contributed by atoms with Crippen LogP contribution in [0.3, 0.4) is 0 Å². The maximum Gasteiger partial charge on any atom is 0.277 e. The number of carbonyl (C=O) groups is 1. The number of benzene rings is 1. The quantitative estimate of drug-likeness (QED) is 0.455. The van der Waals surface area contributed by atoms with Crippen molar-refractivity contribution < 1.29 is 13.9 Å². The number of thioether (sulfide) groups is 1. The topological polar surface area (TPSA) is 68.5 Å². The number of nitrogens with zero attached hydrogens (tertiary/aromatic N) is 3. The molecule has 0 radical (unpaired) electrons. The molecule has 0 fully saturated rings. The third kappa shape index (κ3) is 5.76. The highest BCUT2D eigenvalue weighted by atomic mass is 32.2. The Balaban J connectivity index is 1.92. The summed E-state index contributed by atoms with van der Waals surface area (Å²) in [4.78, 5) is 14.4. The molecule has 0 atom stereocenters. The van der Waals surface area contributed by atoms with Gasteiger partial charge in [-0.15, -0.1) is 10.2 Å². The molecule has 2 aromatic rings. The summed E-state index contributed by atoms with van der Waals surface area (Å²) < 4.78 is 10.8. The van der Waals surface area contributed by atoms with E-state index in [1.165, 1.54) is 11.8 Å². The monoisotopic (exact) mass is 377 g/mol. The molecule has 0 aliphatic carbocycles. The molecule has 26 heavy (non-hydrogen) atoms. The summed E-state index contributed by atoms with van der Waals surface area (Å²) >= 11 is 1.28. The Kier molecular flexibility index (Phi) is 7.97. The smallest absolute Gasteiger partial charge is 0.277 e. The molecule has 0 N–H and O–H groups in total. The predicted octanol–water partition coefficient (Wildman–Crippen LogP) is 4.26. The van der Waals surface area contributed by atoms with Gasteiger partial charge in [0, 0.05) is 18.2 Å². The maximum absolute atomic E-state index is 12.5. The van der Waals surface area contributed by atoms with Crippen LogP contribution in [0, 0.1) is 0 Å². The first-order valence-corrected chi connectivity index (χ1v) is 9.94. The van der Waals surface area contributed by atoms with Gasteiger partial charge in [-0.1, -0.05) is 31.5 Å². The van der Waals surface area contributed by atoms with E-state index in [9.17, 15) is 4.79 Å². The summed E-state index contributed by atoms with van der Waals surface area (Å²) in [6.07, 6.45) is 3.32. The van der Waals surface area contributed by atoms with Crippen LogP contribution in [0.5, 0.6) is 5.75 Å². The number of hydrogen-bond acceptors (Lipinski definition) is 6. The van der Waals surface area contributed by atoms with E-state index in [1.807, 2.05) is 43.0 Å². The average Bonchev–Trinajstić information content (AvgIpc) is 3.12. The highest BCUT2D eigenvalue weighted by Gasteiger charge is 2.18. The SMILES string of the molecule is CCCCCN(C(=O)CSc1nnc(-c2ccc(OC)cc2)o1)C(C)C. The summed E-state index contributed by atoms with van der Waals surface area (Å²) in [6, 6.07) is 7.59. The zero-order valence-corrected chi connectivity index (χ0v) is 16.7. The molecular weight excluding hydrogens is 350 g/mol. The molecule has 0 aliphatic heterocycles. The molecule has 142 valence electrons. The third-order valence-corrected chi connectivity index (χ3v) is 4.81. The summed E-state index contributed by atoms with van der Waals surface area (Å²) in [5.41, 5.74) is 0.819. The molecule has 0 unspecified atom stereocenters.